The largest absolute Gasteiger partial charge is 0.333 e. The Balaban J connectivity index is 2.30. The molecule has 0 fully saturated rings. The molecule has 0 bridgehead atoms. The second-order valence-corrected chi connectivity index (χ2v) is 4.83. The van der Waals surface area contributed by atoms with Gasteiger partial charge < -0.3 is 10.2 Å². The maximum absolute atomic E-state index is 8.24. The van der Waals surface area contributed by atoms with E-state index in [9.17, 15) is 0 Å². The number of aromatic nitrogens is 2. The van der Waals surface area contributed by atoms with Crippen molar-refractivity contribution in [1.29, 1.82) is 5.41 Å². The third-order valence-electron chi connectivity index (χ3n) is 3.35. The average Bonchev–Trinajstić information content (AvgIpc) is 2.63. The van der Waals surface area contributed by atoms with Crippen LogP contribution in [0.2, 0.25) is 0 Å². The van der Waals surface area contributed by atoms with Crippen LogP contribution in [0.5, 0.6) is 0 Å². The second-order valence-electron chi connectivity index (χ2n) is 4.83. The molecular weight excluding hydrogens is 214 g/mol. The van der Waals surface area contributed by atoms with E-state index in [4.69, 9.17) is 5.41 Å². The zero-order valence-electron chi connectivity index (χ0n) is 10.2. The molecule has 0 aliphatic carbocycles. The van der Waals surface area contributed by atoms with E-state index >= 15 is 0 Å². The van der Waals surface area contributed by atoms with Crippen LogP contribution in [0.4, 0.5) is 5.95 Å². The summed E-state index contributed by atoms with van der Waals surface area (Å²) in [6.07, 6.45) is 0. The quantitative estimate of drug-likeness (QED) is 0.725. The van der Waals surface area contributed by atoms with E-state index in [1.165, 1.54) is 0 Å². The summed E-state index contributed by atoms with van der Waals surface area (Å²) < 4.78 is 1.83. The summed E-state index contributed by atoms with van der Waals surface area (Å²) >= 11 is 0. The SMILES string of the molecule is CN1C(=N)n2c(nc3ccccc32)NC1(C)C. The fraction of sp³-hybridized carbons (Fsp3) is 0.333. The van der Waals surface area contributed by atoms with E-state index in [-0.39, 0.29) is 5.66 Å². The van der Waals surface area contributed by atoms with Crippen molar-refractivity contribution in [1.82, 2.24) is 14.5 Å². The van der Waals surface area contributed by atoms with Crippen molar-refractivity contribution in [2.45, 2.75) is 19.5 Å². The Labute approximate surface area is 99.6 Å². The molecule has 0 saturated carbocycles. The van der Waals surface area contributed by atoms with Gasteiger partial charge in [-0.25, -0.2) is 9.55 Å². The summed E-state index contributed by atoms with van der Waals surface area (Å²) in [7, 11) is 1.91. The van der Waals surface area contributed by atoms with Crippen molar-refractivity contribution in [3.8, 4) is 0 Å². The van der Waals surface area contributed by atoms with Gasteiger partial charge in [-0.3, -0.25) is 5.41 Å². The summed E-state index contributed by atoms with van der Waals surface area (Å²) in [4.78, 5) is 6.42. The van der Waals surface area contributed by atoms with Crippen LogP contribution in [-0.4, -0.2) is 33.1 Å². The third-order valence-corrected chi connectivity index (χ3v) is 3.35. The molecule has 1 aromatic heterocycles. The van der Waals surface area contributed by atoms with Crippen molar-refractivity contribution < 1.29 is 0 Å². The van der Waals surface area contributed by atoms with Gasteiger partial charge in [-0.05, 0) is 26.0 Å². The van der Waals surface area contributed by atoms with E-state index in [0.717, 1.165) is 17.0 Å². The molecule has 3 rings (SSSR count). The lowest BCUT2D eigenvalue weighted by molar-refractivity contribution is 0.271. The highest BCUT2D eigenvalue weighted by Gasteiger charge is 2.34. The summed E-state index contributed by atoms with van der Waals surface area (Å²) in [6.45, 7) is 4.06. The third kappa shape index (κ3) is 1.25. The van der Waals surface area contributed by atoms with E-state index in [2.05, 4.69) is 10.3 Å². The van der Waals surface area contributed by atoms with E-state index in [1.807, 2.05) is 54.6 Å². The molecule has 0 atom stereocenters. The summed E-state index contributed by atoms with van der Waals surface area (Å²) in [5.74, 6) is 1.18. The number of nitrogens with one attached hydrogen (secondary N) is 2. The average molecular weight is 229 g/mol. The first-order valence-corrected chi connectivity index (χ1v) is 5.59. The summed E-state index contributed by atoms with van der Waals surface area (Å²) in [6, 6.07) is 7.86. The first-order valence-electron chi connectivity index (χ1n) is 5.59. The molecular formula is C12H15N5. The summed E-state index contributed by atoms with van der Waals surface area (Å²) in [5.41, 5.74) is 1.57. The van der Waals surface area contributed by atoms with Crippen molar-refractivity contribution >= 4 is 22.9 Å². The number of anilines is 1. The molecule has 1 aliphatic heterocycles. The minimum atomic E-state index is -0.297. The molecule has 5 nitrogen and oxygen atoms in total. The number of rotatable bonds is 0. The van der Waals surface area contributed by atoms with Gasteiger partial charge in [-0.2, -0.15) is 0 Å². The van der Waals surface area contributed by atoms with Crippen LogP contribution in [0.25, 0.3) is 11.0 Å². The molecule has 0 saturated heterocycles. The maximum Gasteiger partial charge on any atom is 0.212 e. The van der Waals surface area contributed by atoms with Crippen LogP contribution in [-0.2, 0) is 0 Å². The Hall–Kier alpha value is -2.04. The van der Waals surface area contributed by atoms with Crippen molar-refractivity contribution in [3.05, 3.63) is 24.3 Å². The number of hydrogen-bond acceptors (Lipinski definition) is 3. The number of imidazole rings is 1. The molecule has 17 heavy (non-hydrogen) atoms. The Morgan fingerprint density at radius 1 is 1.29 bits per heavy atom. The van der Waals surface area contributed by atoms with Crippen LogP contribution in [0.1, 0.15) is 13.8 Å². The van der Waals surface area contributed by atoms with Gasteiger partial charge in [0.25, 0.3) is 0 Å². The number of fused-ring (bicyclic) bond motifs is 3. The fourth-order valence-electron chi connectivity index (χ4n) is 2.10. The number of para-hydroxylation sites is 2. The minimum absolute atomic E-state index is 0.297. The molecule has 0 amide bonds. The van der Waals surface area contributed by atoms with E-state index in [0.29, 0.717) is 5.96 Å². The number of hydrogen-bond donors (Lipinski definition) is 2. The van der Waals surface area contributed by atoms with Crippen LogP contribution in [0, 0.1) is 5.41 Å². The predicted molar refractivity (Wildman–Crippen MR) is 68.3 cm³/mol. The lowest BCUT2D eigenvalue weighted by Crippen LogP contribution is -2.56. The Bertz CT molecular complexity index is 610. The van der Waals surface area contributed by atoms with Gasteiger partial charge in [0, 0.05) is 7.05 Å². The first-order chi connectivity index (χ1) is 8.00. The lowest BCUT2D eigenvalue weighted by Gasteiger charge is -2.42. The molecule has 2 heterocycles. The maximum atomic E-state index is 8.24. The molecule has 88 valence electrons. The van der Waals surface area contributed by atoms with Crippen LogP contribution >= 0.6 is 0 Å². The van der Waals surface area contributed by atoms with Gasteiger partial charge >= 0.3 is 0 Å². The topological polar surface area (TPSA) is 56.9 Å². The molecule has 5 heteroatoms. The van der Waals surface area contributed by atoms with Gasteiger partial charge in [0.05, 0.1) is 11.0 Å². The second kappa shape index (κ2) is 3.00. The van der Waals surface area contributed by atoms with Crippen molar-refractivity contribution in [2.24, 2.45) is 0 Å². The highest BCUT2D eigenvalue weighted by molar-refractivity contribution is 5.95. The van der Waals surface area contributed by atoms with Crippen LogP contribution < -0.4 is 5.32 Å². The van der Waals surface area contributed by atoms with Crippen molar-refractivity contribution in [2.75, 3.05) is 12.4 Å². The summed E-state index contributed by atoms with van der Waals surface area (Å²) in [5, 5.41) is 11.6. The van der Waals surface area contributed by atoms with E-state index < -0.39 is 0 Å². The molecule has 0 radical (unpaired) electrons. The lowest BCUT2D eigenvalue weighted by atomic mass is 10.2. The zero-order chi connectivity index (χ0) is 12.2. The molecule has 1 aliphatic rings. The van der Waals surface area contributed by atoms with Crippen molar-refractivity contribution in [3.63, 3.8) is 0 Å². The molecule has 0 spiro atoms. The molecule has 2 N–H and O–H groups in total. The smallest absolute Gasteiger partial charge is 0.212 e. The van der Waals surface area contributed by atoms with E-state index in [1.54, 1.807) is 0 Å². The molecule has 0 unspecified atom stereocenters. The predicted octanol–water partition coefficient (Wildman–Crippen LogP) is 1.91. The van der Waals surface area contributed by atoms with Gasteiger partial charge in [-0.15, -0.1) is 0 Å². The Morgan fingerprint density at radius 3 is 2.76 bits per heavy atom. The van der Waals surface area contributed by atoms with Gasteiger partial charge in [0.1, 0.15) is 5.66 Å². The first kappa shape index (κ1) is 10.1. The minimum Gasteiger partial charge on any atom is -0.333 e. The van der Waals surface area contributed by atoms with Crippen LogP contribution in [0.15, 0.2) is 24.3 Å². The molecule has 1 aromatic carbocycles. The fourth-order valence-corrected chi connectivity index (χ4v) is 2.10. The zero-order valence-corrected chi connectivity index (χ0v) is 10.2. The Kier molecular flexibility index (Phi) is 1.79. The Morgan fingerprint density at radius 2 is 2.00 bits per heavy atom. The van der Waals surface area contributed by atoms with Crippen LogP contribution in [0.3, 0.4) is 0 Å². The van der Waals surface area contributed by atoms with Gasteiger partial charge in [-0.1, -0.05) is 12.1 Å². The highest BCUT2D eigenvalue weighted by atomic mass is 15.5. The standard InChI is InChI=1S/C12H15N5/c1-12(2)15-11-14-8-6-4-5-7-9(8)17(11)10(13)16(12)3/h4-7,13H,1-3H3,(H,14,15). The highest BCUT2D eigenvalue weighted by Crippen LogP contribution is 2.28. The number of nitrogens with zero attached hydrogens (tertiary/aromatic N) is 3. The van der Waals surface area contributed by atoms with Gasteiger partial charge in [0.2, 0.25) is 11.9 Å². The van der Waals surface area contributed by atoms with Gasteiger partial charge in [0.15, 0.2) is 0 Å². The normalized spacial score (nSPS) is 18.1. The monoisotopic (exact) mass is 229 g/mol. The molecule has 2 aromatic rings. The number of benzene rings is 1.